The lowest BCUT2D eigenvalue weighted by atomic mass is 9.98. The summed E-state index contributed by atoms with van der Waals surface area (Å²) in [5.41, 5.74) is 2.70. The predicted octanol–water partition coefficient (Wildman–Crippen LogP) is -0.465. The van der Waals surface area contributed by atoms with Crippen molar-refractivity contribution in [3.8, 4) is 5.75 Å². The first-order valence-electron chi connectivity index (χ1n) is 7.91. The second-order valence-electron chi connectivity index (χ2n) is 5.58. The summed E-state index contributed by atoms with van der Waals surface area (Å²) in [6.07, 6.45) is 0.0994. The molecule has 0 amide bonds. The van der Waals surface area contributed by atoms with E-state index in [1.54, 1.807) is 6.07 Å². The van der Waals surface area contributed by atoms with Crippen molar-refractivity contribution in [2.24, 2.45) is 0 Å². The standard InChI is InChI=1S/C16H28N2O5/c1-2-3-4-11-5-13(8-18-10-16(22)23)14(19)6-12(11)7-17-9-15(20)21/h5-6,15-23H,2-4,7-10H2,1H3. The van der Waals surface area contributed by atoms with Crippen molar-refractivity contribution in [3.63, 3.8) is 0 Å². The fourth-order valence-electron chi connectivity index (χ4n) is 2.31. The molecule has 1 aromatic rings. The van der Waals surface area contributed by atoms with Gasteiger partial charge < -0.3 is 36.2 Å². The van der Waals surface area contributed by atoms with Crippen molar-refractivity contribution in [1.29, 1.82) is 0 Å². The van der Waals surface area contributed by atoms with Crippen molar-refractivity contribution >= 4 is 0 Å². The third-order valence-corrected chi connectivity index (χ3v) is 3.49. The number of rotatable bonds is 11. The SMILES string of the molecule is CCCCc1cc(CNCC(O)O)c(O)cc1CNCC(O)O. The number of hydrogen-bond donors (Lipinski definition) is 7. The van der Waals surface area contributed by atoms with E-state index in [-0.39, 0.29) is 18.8 Å². The van der Waals surface area contributed by atoms with Crippen molar-refractivity contribution in [2.75, 3.05) is 13.1 Å². The van der Waals surface area contributed by atoms with Gasteiger partial charge in [0.1, 0.15) is 5.75 Å². The molecule has 0 saturated heterocycles. The predicted molar refractivity (Wildman–Crippen MR) is 86.6 cm³/mol. The third kappa shape index (κ3) is 7.74. The molecule has 0 atom stereocenters. The number of phenolic OH excluding ortho intramolecular Hbond substituents is 1. The number of hydrogen-bond acceptors (Lipinski definition) is 7. The molecule has 0 heterocycles. The molecular weight excluding hydrogens is 300 g/mol. The van der Waals surface area contributed by atoms with Gasteiger partial charge in [0.05, 0.1) is 0 Å². The topological polar surface area (TPSA) is 125 Å². The Morgan fingerprint density at radius 3 is 1.96 bits per heavy atom. The maximum absolute atomic E-state index is 10.1. The van der Waals surface area contributed by atoms with E-state index in [4.69, 9.17) is 20.4 Å². The van der Waals surface area contributed by atoms with Crippen LogP contribution in [-0.4, -0.2) is 51.2 Å². The highest BCUT2D eigenvalue weighted by Crippen LogP contribution is 2.24. The maximum Gasteiger partial charge on any atom is 0.164 e. The summed E-state index contributed by atoms with van der Waals surface area (Å²) < 4.78 is 0. The van der Waals surface area contributed by atoms with E-state index in [1.807, 2.05) is 6.07 Å². The Kier molecular flexibility index (Phi) is 9.08. The highest BCUT2D eigenvalue weighted by atomic mass is 16.5. The number of aromatic hydroxyl groups is 1. The normalized spacial score (nSPS) is 11.6. The summed E-state index contributed by atoms with van der Waals surface area (Å²) in [6.45, 7) is 2.97. The Labute approximate surface area is 136 Å². The molecule has 1 rings (SSSR count). The first-order chi connectivity index (χ1) is 10.9. The Morgan fingerprint density at radius 1 is 0.870 bits per heavy atom. The number of aryl methyl sites for hydroxylation is 1. The number of phenols is 1. The summed E-state index contributed by atoms with van der Waals surface area (Å²) in [7, 11) is 0. The molecule has 0 saturated carbocycles. The Hall–Kier alpha value is -1.22. The van der Waals surface area contributed by atoms with Crippen LogP contribution in [0.5, 0.6) is 5.75 Å². The highest BCUT2D eigenvalue weighted by molar-refractivity contribution is 5.42. The summed E-state index contributed by atoms with van der Waals surface area (Å²) >= 11 is 0. The summed E-state index contributed by atoms with van der Waals surface area (Å²) in [4.78, 5) is 0. The molecule has 132 valence electrons. The smallest absolute Gasteiger partial charge is 0.164 e. The van der Waals surface area contributed by atoms with Gasteiger partial charge in [0, 0.05) is 31.7 Å². The zero-order chi connectivity index (χ0) is 17.2. The van der Waals surface area contributed by atoms with Crippen LogP contribution in [-0.2, 0) is 19.5 Å². The molecule has 0 aromatic heterocycles. The number of aliphatic hydroxyl groups excluding tert-OH is 2. The fraction of sp³-hybridized carbons (Fsp3) is 0.625. The lowest BCUT2D eigenvalue weighted by Crippen LogP contribution is -2.27. The first-order valence-corrected chi connectivity index (χ1v) is 7.91. The van der Waals surface area contributed by atoms with Crippen molar-refractivity contribution in [2.45, 2.75) is 51.9 Å². The van der Waals surface area contributed by atoms with Gasteiger partial charge in [-0.15, -0.1) is 0 Å². The van der Waals surface area contributed by atoms with Crippen molar-refractivity contribution in [3.05, 3.63) is 28.8 Å². The molecule has 0 aliphatic rings. The zero-order valence-electron chi connectivity index (χ0n) is 13.5. The molecule has 1 aromatic carbocycles. The van der Waals surface area contributed by atoms with Gasteiger partial charge in [-0.05, 0) is 30.0 Å². The molecule has 0 bridgehead atoms. The van der Waals surface area contributed by atoms with E-state index in [9.17, 15) is 5.11 Å². The van der Waals surface area contributed by atoms with Crippen LogP contribution in [0.3, 0.4) is 0 Å². The van der Waals surface area contributed by atoms with Gasteiger partial charge in [-0.25, -0.2) is 0 Å². The maximum atomic E-state index is 10.1. The van der Waals surface area contributed by atoms with E-state index in [2.05, 4.69) is 17.6 Å². The van der Waals surface area contributed by atoms with Crippen LogP contribution in [0.15, 0.2) is 12.1 Å². The van der Waals surface area contributed by atoms with Crippen LogP contribution in [0.2, 0.25) is 0 Å². The molecule has 23 heavy (non-hydrogen) atoms. The largest absolute Gasteiger partial charge is 0.508 e. The van der Waals surface area contributed by atoms with Crippen molar-refractivity contribution < 1.29 is 25.5 Å². The lowest BCUT2D eigenvalue weighted by Gasteiger charge is -2.15. The van der Waals surface area contributed by atoms with Gasteiger partial charge in [-0.3, -0.25) is 0 Å². The first kappa shape index (κ1) is 19.8. The minimum Gasteiger partial charge on any atom is -0.508 e. The number of aliphatic hydroxyl groups is 4. The van der Waals surface area contributed by atoms with Crippen LogP contribution in [0.25, 0.3) is 0 Å². The molecule has 7 nitrogen and oxygen atoms in total. The third-order valence-electron chi connectivity index (χ3n) is 3.49. The van der Waals surface area contributed by atoms with E-state index in [0.717, 1.165) is 30.4 Å². The second-order valence-corrected chi connectivity index (χ2v) is 5.58. The van der Waals surface area contributed by atoms with E-state index >= 15 is 0 Å². The molecular formula is C16H28N2O5. The summed E-state index contributed by atoms with van der Waals surface area (Å²) in [5, 5.41) is 51.3. The Bertz CT molecular complexity index is 466. The minimum absolute atomic E-state index is 0.0292. The number of unbranched alkanes of at least 4 members (excludes halogenated alkanes) is 1. The lowest BCUT2D eigenvalue weighted by molar-refractivity contribution is -0.0380. The fourth-order valence-corrected chi connectivity index (χ4v) is 2.31. The molecule has 7 heteroatoms. The monoisotopic (exact) mass is 328 g/mol. The molecule has 0 aliphatic heterocycles. The number of nitrogens with one attached hydrogen (secondary N) is 2. The minimum atomic E-state index is -1.43. The van der Waals surface area contributed by atoms with Crippen LogP contribution in [0.1, 0.15) is 36.5 Å². The summed E-state index contributed by atoms with van der Waals surface area (Å²) in [6, 6.07) is 3.59. The van der Waals surface area contributed by atoms with Crippen LogP contribution in [0, 0.1) is 0 Å². The van der Waals surface area contributed by atoms with Gasteiger partial charge in [-0.2, -0.15) is 0 Å². The van der Waals surface area contributed by atoms with Gasteiger partial charge >= 0.3 is 0 Å². The van der Waals surface area contributed by atoms with Gasteiger partial charge in [0.25, 0.3) is 0 Å². The van der Waals surface area contributed by atoms with Gasteiger partial charge in [0.15, 0.2) is 12.6 Å². The van der Waals surface area contributed by atoms with Crippen LogP contribution >= 0.6 is 0 Å². The van der Waals surface area contributed by atoms with Gasteiger partial charge in [0.2, 0.25) is 0 Å². The van der Waals surface area contributed by atoms with E-state index in [0.29, 0.717) is 18.7 Å². The summed E-state index contributed by atoms with van der Waals surface area (Å²) in [5.74, 6) is 0.131. The Balaban J connectivity index is 2.80. The molecule has 0 aliphatic carbocycles. The van der Waals surface area contributed by atoms with Crippen LogP contribution < -0.4 is 10.6 Å². The molecule has 0 radical (unpaired) electrons. The number of benzene rings is 1. The zero-order valence-corrected chi connectivity index (χ0v) is 13.5. The van der Waals surface area contributed by atoms with E-state index in [1.165, 1.54) is 0 Å². The quantitative estimate of drug-likeness (QED) is 0.274. The van der Waals surface area contributed by atoms with Crippen LogP contribution in [0.4, 0.5) is 0 Å². The van der Waals surface area contributed by atoms with Gasteiger partial charge in [-0.1, -0.05) is 19.4 Å². The second kappa shape index (κ2) is 10.5. The van der Waals surface area contributed by atoms with E-state index < -0.39 is 12.6 Å². The highest BCUT2D eigenvalue weighted by Gasteiger charge is 2.10. The Morgan fingerprint density at radius 2 is 1.43 bits per heavy atom. The molecule has 0 unspecified atom stereocenters. The molecule has 0 spiro atoms. The van der Waals surface area contributed by atoms with Crippen molar-refractivity contribution in [1.82, 2.24) is 10.6 Å². The molecule has 7 N–H and O–H groups in total. The average molecular weight is 328 g/mol. The average Bonchev–Trinajstić information content (AvgIpc) is 2.47. The molecule has 0 fully saturated rings.